The first-order valence-corrected chi connectivity index (χ1v) is 16.4. The highest BCUT2D eigenvalue weighted by atomic mass is 32.1. The molecule has 0 amide bonds. The Morgan fingerprint density at radius 3 is 1.06 bits per heavy atom. The van der Waals surface area contributed by atoms with Gasteiger partial charge in [-0.1, -0.05) is 71.3 Å². The fourth-order valence-corrected chi connectivity index (χ4v) is 5.62. The van der Waals surface area contributed by atoms with E-state index in [1.807, 2.05) is 13.8 Å². The zero-order valence-corrected chi connectivity index (χ0v) is 27.0. The summed E-state index contributed by atoms with van der Waals surface area (Å²) in [5, 5.41) is 29.5. The summed E-state index contributed by atoms with van der Waals surface area (Å²) in [5.74, 6) is -3.52. The Hall–Kier alpha value is -5.44. The number of hydrogen-bond acceptors (Lipinski definition) is 20. The number of aromatic nitrogens is 8. The van der Waals surface area contributed by atoms with E-state index in [1.54, 1.807) is 12.1 Å². The third-order valence-electron chi connectivity index (χ3n) is 6.28. The van der Waals surface area contributed by atoms with Crippen molar-refractivity contribution in [3.63, 3.8) is 0 Å². The molecule has 6 rings (SSSR count). The second-order valence-corrected chi connectivity index (χ2v) is 12.8. The van der Waals surface area contributed by atoms with E-state index in [0.717, 1.165) is 45.3 Å². The van der Waals surface area contributed by atoms with E-state index in [0.29, 0.717) is 11.1 Å². The molecule has 0 fully saturated rings. The Balaban J connectivity index is 1.35. The average Bonchev–Trinajstić information content (AvgIpc) is 3.90. The predicted octanol–water partition coefficient (Wildman–Crippen LogP) is 4.30. The summed E-state index contributed by atoms with van der Waals surface area (Å²) < 4.78 is 22.2. The summed E-state index contributed by atoms with van der Waals surface area (Å²) in [6, 6.07) is 9.32. The molecule has 0 saturated heterocycles. The zero-order chi connectivity index (χ0) is 33.0. The van der Waals surface area contributed by atoms with Crippen molar-refractivity contribution in [1.29, 1.82) is 0 Å². The Labute approximate surface area is 279 Å². The van der Waals surface area contributed by atoms with Crippen LogP contribution in [0.4, 0.5) is 0 Å². The van der Waals surface area contributed by atoms with E-state index in [9.17, 15) is 19.2 Å². The van der Waals surface area contributed by atoms with Crippen molar-refractivity contribution in [1.82, 2.24) is 40.8 Å². The van der Waals surface area contributed by atoms with Crippen LogP contribution in [0.2, 0.25) is 0 Å². The van der Waals surface area contributed by atoms with Crippen molar-refractivity contribution >= 4 is 69.2 Å². The van der Waals surface area contributed by atoms with Crippen LogP contribution < -0.4 is 18.9 Å². The topological polar surface area (TPSA) is 208 Å². The zero-order valence-electron chi connectivity index (χ0n) is 23.8. The molecule has 236 valence electrons. The van der Waals surface area contributed by atoms with E-state index >= 15 is 0 Å². The minimum Gasteiger partial charge on any atom is -0.417 e. The van der Waals surface area contributed by atoms with Crippen molar-refractivity contribution in [3.8, 4) is 23.0 Å². The lowest BCUT2D eigenvalue weighted by Crippen LogP contribution is -2.21. The molecule has 4 heterocycles. The third-order valence-corrected chi connectivity index (χ3v) is 8.97. The first kappa shape index (κ1) is 31.5. The van der Waals surface area contributed by atoms with Gasteiger partial charge in [0.25, 0.3) is 0 Å². The third kappa shape index (κ3) is 7.04. The maximum absolute atomic E-state index is 12.8. The summed E-state index contributed by atoms with van der Waals surface area (Å²) in [4.78, 5) is 51.0. The van der Waals surface area contributed by atoms with Gasteiger partial charge >= 0.3 is 23.9 Å². The Morgan fingerprint density at radius 2 is 0.787 bits per heavy atom. The normalized spacial score (nSPS) is 11.1. The van der Waals surface area contributed by atoms with Gasteiger partial charge in [0.1, 0.15) is 22.0 Å². The van der Waals surface area contributed by atoms with Crippen LogP contribution in [-0.2, 0) is 5.41 Å². The smallest absolute Gasteiger partial charge is 0.374 e. The molecule has 47 heavy (non-hydrogen) atoms. The number of esters is 4. The number of carbonyl (C=O) groups excluding carboxylic acids is 4. The molecular weight excluding hydrogens is 693 g/mol. The van der Waals surface area contributed by atoms with Crippen molar-refractivity contribution in [2.24, 2.45) is 0 Å². The Morgan fingerprint density at radius 1 is 0.489 bits per heavy atom. The SMILES string of the molecule is CC(C)(c1ccc(OC(=O)c2nncs2)c(OC(=O)c2nncs2)c1)c1ccc(OC(=O)c2nncs2)c(OC(=O)c2nncs2)c1. The highest BCUT2D eigenvalue weighted by Gasteiger charge is 2.29. The van der Waals surface area contributed by atoms with Crippen molar-refractivity contribution < 1.29 is 38.1 Å². The fraction of sp³-hybridized carbons (Fsp3) is 0.111. The summed E-state index contributed by atoms with van der Waals surface area (Å²) >= 11 is 3.90. The number of nitrogens with zero attached hydrogens (tertiary/aromatic N) is 8. The highest BCUT2D eigenvalue weighted by Crippen LogP contribution is 2.41. The molecule has 2 aromatic carbocycles. The monoisotopic (exact) mass is 708 g/mol. The second-order valence-electron chi connectivity index (χ2n) is 9.48. The summed E-state index contributed by atoms with van der Waals surface area (Å²) in [6.07, 6.45) is 0. The number of ether oxygens (including phenoxy) is 4. The van der Waals surface area contributed by atoms with Crippen LogP contribution in [0.15, 0.2) is 58.4 Å². The first-order chi connectivity index (χ1) is 22.7. The van der Waals surface area contributed by atoms with E-state index in [2.05, 4.69) is 40.8 Å². The van der Waals surface area contributed by atoms with E-state index in [-0.39, 0.29) is 43.0 Å². The molecule has 0 aliphatic carbocycles. The Bertz CT molecular complexity index is 1910. The summed E-state index contributed by atoms with van der Waals surface area (Å²) in [6.45, 7) is 3.70. The van der Waals surface area contributed by atoms with Crippen LogP contribution in [0.1, 0.15) is 64.2 Å². The van der Waals surface area contributed by atoms with Crippen LogP contribution in [0.5, 0.6) is 23.0 Å². The molecule has 0 unspecified atom stereocenters. The standard InChI is InChI=1S/C27H16N8O8S4/c1-27(2,13-3-5-15(40-23(36)19-32-28-9-44-19)17(7-13)42-25(38)21-34-30-11-46-21)14-4-6-16(41-24(37)20-33-29-10-45-20)18(8-14)43-26(39)22-35-31-12-47-22/h3-12H,1-2H3. The molecule has 0 aliphatic heterocycles. The average molecular weight is 709 g/mol. The number of rotatable bonds is 10. The summed E-state index contributed by atoms with van der Waals surface area (Å²) in [7, 11) is 0. The van der Waals surface area contributed by atoms with Gasteiger partial charge in [-0.3, -0.25) is 0 Å². The largest absolute Gasteiger partial charge is 0.417 e. The lowest BCUT2D eigenvalue weighted by Gasteiger charge is -2.27. The van der Waals surface area contributed by atoms with Gasteiger partial charge in [-0.05, 0) is 35.4 Å². The van der Waals surface area contributed by atoms with Gasteiger partial charge in [0.15, 0.2) is 23.0 Å². The minimum absolute atomic E-state index is 0.00155. The number of benzene rings is 2. The maximum Gasteiger partial charge on any atom is 0.374 e. The molecule has 0 aliphatic rings. The maximum atomic E-state index is 12.8. The minimum atomic E-state index is -0.878. The van der Waals surface area contributed by atoms with Gasteiger partial charge in [0.2, 0.25) is 20.0 Å². The van der Waals surface area contributed by atoms with E-state index in [4.69, 9.17) is 18.9 Å². The Kier molecular flexibility index (Phi) is 9.06. The quantitative estimate of drug-likeness (QED) is 0.144. The van der Waals surface area contributed by atoms with Gasteiger partial charge in [0.05, 0.1) is 0 Å². The van der Waals surface area contributed by atoms with E-state index in [1.165, 1.54) is 46.3 Å². The molecule has 0 radical (unpaired) electrons. The number of carbonyl (C=O) groups is 4. The van der Waals surface area contributed by atoms with Gasteiger partial charge < -0.3 is 18.9 Å². The summed E-state index contributed by atoms with van der Waals surface area (Å²) in [5.41, 5.74) is 5.80. The van der Waals surface area contributed by atoms with Crippen LogP contribution in [0, 0.1) is 0 Å². The molecule has 6 aromatic rings. The van der Waals surface area contributed by atoms with E-state index < -0.39 is 29.3 Å². The van der Waals surface area contributed by atoms with Crippen molar-refractivity contribution in [3.05, 3.63) is 89.6 Å². The molecule has 4 aromatic heterocycles. The van der Waals surface area contributed by atoms with Gasteiger partial charge in [-0.2, -0.15) is 0 Å². The second kappa shape index (κ2) is 13.5. The van der Waals surface area contributed by atoms with Crippen molar-refractivity contribution in [2.45, 2.75) is 19.3 Å². The van der Waals surface area contributed by atoms with Crippen LogP contribution in [0.25, 0.3) is 0 Å². The lowest BCUT2D eigenvalue weighted by molar-refractivity contribution is 0.0680. The molecule has 0 atom stereocenters. The number of hydrogen-bond donors (Lipinski definition) is 0. The van der Waals surface area contributed by atoms with Crippen molar-refractivity contribution in [2.75, 3.05) is 0 Å². The highest BCUT2D eigenvalue weighted by molar-refractivity contribution is 7.12. The van der Waals surface area contributed by atoms with Gasteiger partial charge in [-0.15, -0.1) is 40.8 Å². The molecule has 16 nitrogen and oxygen atoms in total. The lowest BCUT2D eigenvalue weighted by atomic mass is 9.78. The van der Waals surface area contributed by atoms with Gasteiger partial charge in [-0.25, -0.2) is 19.2 Å². The molecule has 0 spiro atoms. The molecular formula is C27H16N8O8S4. The van der Waals surface area contributed by atoms with Crippen LogP contribution in [0.3, 0.4) is 0 Å². The molecule has 0 bridgehead atoms. The predicted molar refractivity (Wildman–Crippen MR) is 164 cm³/mol. The van der Waals surface area contributed by atoms with Gasteiger partial charge in [0, 0.05) is 5.41 Å². The first-order valence-electron chi connectivity index (χ1n) is 12.9. The molecule has 0 N–H and O–H groups in total. The molecule has 20 heteroatoms. The molecule has 0 saturated carbocycles. The fourth-order valence-electron chi connectivity index (χ4n) is 3.91. The van der Waals surface area contributed by atoms with Crippen LogP contribution in [-0.4, -0.2) is 64.7 Å². The van der Waals surface area contributed by atoms with Crippen LogP contribution >= 0.6 is 45.3 Å².